The van der Waals surface area contributed by atoms with Gasteiger partial charge in [-0.15, -0.1) is 0 Å². The predicted octanol–water partition coefficient (Wildman–Crippen LogP) is 2.22. The predicted molar refractivity (Wildman–Crippen MR) is 113 cm³/mol. The zero-order valence-corrected chi connectivity index (χ0v) is 17.6. The van der Waals surface area contributed by atoms with Crippen LogP contribution in [0, 0.1) is 6.92 Å². The minimum Gasteiger partial charge on any atom is -0.342 e. The fourth-order valence-electron chi connectivity index (χ4n) is 4.21. The van der Waals surface area contributed by atoms with E-state index < -0.39 is 6.04 Å². The normalized spacial score (nSPS) is 18.7. The first-order valence-electron chi connectivity index (χ1n) is 10.7. The minimum absolute atomic E-state index is 0.0186. The van der Waals surface area contributed by atoms with Gasteiger partial charge in [0.15, 0.2) is 5.69 Å². The number of pyridine rings is 1. The molecule has 30 heavy (non-hydrogen) atoms. The number of hydrogen-bond donors (Lipinski definition) is 0. The largest absolute Gasteiger partial charge is 0.342 e. The van der Waals surface area contributed by atoms with E-state index in [0.29, 0.717) is 30.3 Å². The van der Waals surface area contributed by atoms with Crippen LogP contribution in [0.15, 0.2) is 30.7 Å². The van der Waals surface area contributed by atoms with Gasteiger partial charge in [0.2, 0.25) is 5.91 Å². The number of carbonyl (C=O) groups excluding carboxylic acids is 2. The Balaban J connectivity index is 1.55. The van der Waals surface area contributed by atoms with Gasteiger partial charge in [-0.25, -0.2) is 9.97 Å². The van der Waals surface area contributed by atoms with Gasteiger partial charge in [0.25, 0.3) is 5.91 Å². The van der Waals surface area contributed by atoms with Gasteiger partial charge in [-0.1, -0.05) is 6.07 Å². The molecule has 2 aliphatic heterocycles. The fourth-order valence-corrected chi connectivity index (χ4v) is 4.21. The van der Waals surface area contributed by atoms with Gasteiger partial charge in [0, 0.05) is 38.2 Å². The Morgan fingerprint density at radius 2 is 1.93 bits per heavy atom. The number of rotatable bonds is 7. The third kappa shape index (κ3) is 4.05. The Morgan fingerprint density at radius 3 is 2.63 bits per heavy atom. The van der Waals surface area contributed by atoms with E-state index in [1.54, 1.807) is 17.3 Å². The molecule has 0 saturated carbocycles. The number of nitrogens with zero attached hydrogens (tertiary/aromatic N) is 6. The number of aromatic nitrogens is 3. The van der Waals surface area contributed by atoms with Crippen molar-refractivity contribution in [3.05, 3.63) is 47.7 Å². The molecule has 0 aromatic carbocycles. The summed E-state index contributed by atoms with van der Waals surface area (Å²) in [5, 5.41) is 0. The van der Waals surface area contributed by atoms with E-state index in [-0.39, 0.29) is 18.2 Å². The van der Waals surface area contributed by atoms with E-state index in [1.165, 1.54) is 19.0 Å². The molecule has 0 radical (unpaired) electrons. The fraction of sp³-hybridized carbons (Fsp3) is 0.500. The topological polar surface area (TPSA) is 82.5 Å². The Labute approximate surface area is 176 Å². The molecular formula is C22H28N6O2. The summed E-state index contributed by atoms with van der Waals surface area (Å²) in [4.78, 5) is 45.1. The van der Waals surface area contributed by atoms with Crippen molar-refractivity contribution in [3.63, 3.8) is 0 Å². The van der Waals surface area contributed by atoms with E-state index in [4.69, 9.17) is 0 Å². The monoisotopic (exact) mass is 408 g/mol. The van der Waals surface area contributed by atoms with Crippen LogP contribution < -0.4 is 4.90 Å². The maximum Gasteiger partial charge on any atom is 0.280 e. The van der Waals surface area contributed by atoms with Crippen LogP contribution >= 0.6 is 0 Å². The average molecular weight is 409 g/mol. The lowest BCUT2D eigenvalue weighted by molar-refractivity contribution is -0.131. The van der Waals surface area contributed by atoms with Crippen LogP contribution in [0.25, 0.3) is 0 Å². The van der Waals surface area contributed by atoms with E-state index in [0.717, 1.165) is 25.2 Å². The molecule has 4 rings (SSSR count). The van der Waals surface area contributed by atoms with Crippen LogP contribution in [0.1, 0.15) is 54.0 Å². The molecule has 158 valence electrons. The van der Waals surface area contributed by atoms with Crippen molar-refractivity contribution in [1.29, 1.82) is 0 Å². The molecule has 4 heterocycles. The minimum atomic E-state index is -0.496. The number of likely N-dealkylation sites (tertiary alicyclic amines) is 1. The van der Waals surface area contributed by atoms with Crippen LogP contribution in [0.3, 0.4) is 0 Å². The van der Waals surface area contributed by atoms with Gasteiger partial charge in [-0.05, 0) is 51.4 Å². The Morgan fingerprint density at radius 1 is 1.17 bits per heavy atom. The summed E-state index contributed by atoms with van der Waals surface area (Å²) in [5.74, 6) is 0.279. The number of hydrogen-bond acceptors (Lipinski definition) is 6. The summed E-state index contributed by atoms with van der Waals surface area (Å²) < 4.78 is 0. The first kappa shape index (κ1) is 20.4. The molecule has 1 atom stereocenters. The number of amides is 2. The van der Waals surface area contributed by atoms with Crippen LogP contribution in [-0.4, -0.2) is 69.3 Å². The highest BCUT2D eigenvalue weighted by molar-refractivity contribution is 6.09. The Bertz CT molecular complexity index is 910. The highest BCUT2D eigenvalue weighted by Gasteiger charge is 2.42. The first-order chi connectivity index (χ1) is 14.6. The second-order valence-corrected chi connectivity index (χ2v) is 7.90. The Hall–Kier alpha value is -2.87. The molecular weight excluding hydrogens is 380 g/mol. The number of anilines is 1. The third-order valence-corrected chi connectivity index (χ3v) is 5.91. The van der Waals surface area contributed by atoms with E-state index in [2.05, 4.69) is 19.9 Å². The van der Waals surface area contributed by atoms with Gasteiger partial charge in [0.1, 0.15) is 5.82 Å². The number of likely N-dealkylation sites (N-methyl/N-ethyl adjacent to an activating group) is 1. The highest BCUT2D eigenvalue weighted by atomic mass is 16.2. The molecule has 2 amide bonds. The Kier molecular flexibility index (Phi) is 6.03. The lowest BCUT2D eigenvalue weighted by Crippen LogP contribution is -2.40. The maximum absolute atomic E-state index is 13.2. The molecule has 1 saturated heterocycles. The second kappa shape index (κ2) is 8.87. The summed E-state index contributed by atoms with van der Waals surface area (Å²) in [6.07, 6.45) is 7.44. The van der Waals surface area contributed by atoms with Crippen molar-refractivity contribution in [1.82, 2.24) is 24.8 Å². The van der Waals surface area contributed by atoms with Gasteiger partial charge in [-0.3, -0.25) is 19.5 Å². The molecule has 2 aliphatic rings. The summed E-state index contributed by atoms with van der Waals surface area (Å²) >= 11 is 0. The zero-order valence-electron chi connectivity index (χ0n) is 17.6. The molecule has 0 N–H and O–H groups in total. The highest BCUT2D eigenvalue weighted by Crippen LogP contribution is 2.36. The van der Waals surface area contributed by atoms with Crippen LogP contribution in [-0.2, 0) is 4.79 Å². The molecule has 8 heteroatoms. The lowest BCUT2D eigenvalue weighted by Gasteiger charge is -2.28. The smallest absolute Gasteiger partial charge is 0.280 e. The summed E-state index contributed by atoms with van der Waals surface area (Å²) in [6.45, 7) is 8.39. The molecule has 1 fully saturated rings. The molecule has 2 aromatic heterocycles. The zero-order chi connectivity index (χ0) is 21.1. The molecule has 0 unspecified atom stereocenters. The van der Waals surface area contributed by atoms with Crippen molar-refractivity contribution in [3.8, 4) is 0 Å². The van der Waals surface area contributed by atoms with E-state index in [1.807, 2.05) is 30.9 Å². The van der Waals surface area contributed by atoms with E-state index in [9.17, 15) is 9.59 Å². The molecule has 0 spiro atoms. The number of carbonyl (C=O) groups is 2. The van der Waals surface area contributed by atoms with Crippen molar-refractivity contribution < 1.29 is 9.59 Å². The SMILES string of the molecule is CCN(CCN1CCCC1)C(=O)C[C@@H]1c2nccnc2C(=O)N1c1ccc(C)cn1. The summed E-state index contributed by atoms with van der Waals surface area (Å²) in [6, 6.07) is 3.22. The van der Waals surface area contributed by atoms with Crippen LogP contribution in [0.2, 0.25) is 0 Å². The van der Waals surface area contributed by atoms with Crippen molar-refractivity contribution in [2.75, 3.05) is 37.6 Å². The van der Waals surface area contributed by atoms with Crippen molar-refractivity contribution in [2.24, 2.45) is 0 Å². The van der Waals surface area contributed by atoms with Crippen molar-refractivity contribution >= 4 is 17.6 Å². The molecule has 2 aromatic rings. The second-order valence-electron chi connectivity index (χ2n) is 7.90. The van der Waals surface area contributed by atoms with Gasteiger partial charge >= 0.3 is 0 Å². The van der Waals surface area contributed by atoms with E-state index >= 15 is 0 Å². The summed E-state index contributed by atoms with van der Waals surface area (Å²) in [7, 11) is 0. The van der Waals surface area contributed by atoms with Gasteiger partial charge in [0.05, 0.1) is 18.2 Å². The third-order valence-electron chi connectivity index (χ3n) is 5.91. The van der Waals surface area contributed by atoms with Crippen molar-refractivity contribution in [2.45, 2.75) is 39.2 Å². The average Bonchev–Trinajstić information content (AvgIpc) is 3.37. The molecule has 0 aliphatic carbocycles. The van der Waals surface area contributed by atoms with Crippen LogP contribution in [0.4, 0.5) is 5.82 Å². The standard InChI is InChI=1S/C22H28N6O2/c1-3-27(13-12-26-10-4-5-11-26)19(29)14-17-20-21(24-9-8-23-20)22(30)28(17)18-7-6-16(2)15-25-18/h6-9,15,17H,3-5,10-14H2,1-2H3/t17-/m1/s1. The molecule has 0 bridgehead atoms. The van der Waals surface area contributed by atoms with Gasteiger partial charge in [-0.2, -0.15) is 0 Å². The summed E-state index contributed by atoms with van der Waals surface area (Å²) in [5.41, 5.74) is 1.86. The number of aryl methyl sites for hydroxylation is 1. The van der Waals surface area contributed by atoms with Gasteiger partial charge < -0.3 is 9.80 Å². The maximum atomic E-state index is 13.2. The number of fused-ring (bicyclic) bond motifs is 1. The quantitative estimate of drug-likeness (QED) is 0.699. The first-order valence-corrected chi connectivity index (χ1v) is 10.7. The lowest BCUT2D eigenvalue weighted by atomic mass is 10.1. The van der Waals surface area contributed by atoms with Crippen LogP contribution in [0.5, 0.6) is 0 Å². The molecule has 8 nitrogen and oxygen atoms in total.